The number of rotatable bonds is 6. The maximum atomic E-state index is 13.3. The Bertz CT molecular complexity index is 969. The minimum atomic E-state index is -3.80. The van der Waals surface area contributed by atoms with Crippen LogP contribution in [0, 0.1) is 0 Å². The molecule has 0 spiro atoms. The molecule has 7 nitrogen and oxygen atoms in total. The fourth-order valence-electron chi connectivity index (χ4n) is 3.76. The zero-order chi connectivity index (χ0) is 21.2. The highest BCUT2D eigenvalue weighted by atomic mass is 32.2. The van der Waals surface area contributed by atoms with Crippen LogP contribution in [0.4, 0.5) is 5.69 Å². The average Bonchev–Trinajstić information content (AvgIpc) is 3.20. The van der Waals surface area contributed by atoms with E-state index in [0.29, 0.717) is 36.4 Å². The van der Waals surface area contributed by atoms with Gasteiger partial charge in [-0.15, -0.1) is 0 Å². The lowest BCUT2D eigenvalue weighted by atomic mass is 9.87. The highest BCUT2D eigenvalue weighted by Gasteiger charge is 2.45. The SMILES string of the molecule is COc1ccc([C@](C)(O)[C@H]2CCCN2S(=O)(=O)c2ccc(NC(C)=O)cc2)cc1. The number of hydrogen-bond donors (Lipinski definition) is 2. The minimum Gasteiger partial charge on any atom is -0.497 e. The summed E-state index contributed by atoms with van der Waals surface area (Å²) >= 11 is 0. The molecule has 0 bridgehead atoms. The second-order valence-corrected chi connectivity index (χ2v) is 9.25. The topological polar surface area (TPSA) is 95.9 Å². The lowest BCUT2D eigenvalue weighted by molar-refractivity contribution is -0.114. The second-order valence-electron chi connectivity index (χ2n) is 7.36. The van der Waals surface area contributed by atoms with Crippen molar-refractivity contribution in [1.29, 1.82) is 0 Å². The van der Waals surface area contributed by atoms with Crippen molar-refractivity contribution < 1.29 is 23.1 Å². The van der Waals surface area contributed by atoms with Crippen LogP contribution in [0.3, 0.4) is 0 Å². The fourth-order valence-corrected chi connectivity index (χ4v) is 5.53. The van der Waals surface area contributed by atoms with Gasteiger partial charge in [0.25, 0.3) is 0 Å². The Kier molecular flexibility index (Phi) is 5.97. The van der Waals surface area contributed by atoms with E-state index in [2.05, 4.69) is 5.32 Å². The van der Waals surface area contributed by atoms with E-state index in [-0.39, 0.29) is 10.8 Å². The summed E-state index contributed by atoms with van der Waals surface area (Å²) < 4.78 is 33.1. The zero-order valence-corrected chi connectivity index (χ0v) is 17.6. The van der Waals surface area contributed by atoms with Crippen LogP contribution in [0.25, 0.3) is 0 Å². The van der Waals surface area contributed by atoms with E-state index in [1.54, 1.807) is 50.4 Å². The van der Waals surface area contributed by atoms with Crippen LogP contribution >= 0.6 is 0 Å². The van der Waals surface area contributed by atoms with Crippen LogP contribution in [0.1, 0.15) is 32.3 Å². The Morgan fingerprint density at radius 2 is 1.79 bits per heavy atom. The monoisotopic (exact) mass is 418 g/mol. The van der Waals surface area contributed by atoms with Crippen LogP contribution in [-0.4, -0.2) is 43.4 Å². The average molecular weight is 419 g/mol. The van der Waals surface area contributed by atoms with Gasteiger partial charge >= 0.3 is 0 Å². The van der Waals surface area contributed by atoms with Crippen molar-refractivity contribution in [1.82, 2.24) is 4.31 Å². The largest absolute Gasteiger partial charge is 0.497 e. The van der Waals surface area contributed by atoms with E-state index >= 15 is 0 Å². The van der Waals surface area contributed by atoms with Crippen molar-refractivity contribution in [3.8, 4) is 5.75 Å². The molecule has 2 aromatic carbocycles. The summed E-state index contributed by atoms with van der Waals surface area (Å²) in [4.78, 5) is 11.3. The Morgan fingerprint density at radius 3 is 2.34 bits per heavy atom. The molecule has 2 N–H and O–H groups in total. The van der Waals surface area contributed by atoms with Gasteiger partial charge in [0.15, 0.2) is 0 Å². The second kappa shape index (κ2) is 8.14. The highest BCUT2D eigenvalue weighted by Crippen LogP contribution is 2.38. The van der Waals surface area contributed by atoms with Crippen molar-refractivity contribution in [2.75, 3.05) is 19.0 Å². The summed E-state index contributed by atoms with van der Waals surface area (Å²) in [5.41, 5.74) is -0.197. The summed E-state index contributed by atoms with van der Waals surface area (Å²) in [5.74, 6) is 0.440. The summed E-state index contributed by atoms with van der Waals surface area (Å²) in [6.07, 6.45) is 1.22. The Balaban J connectivity index is 1.89. The number of sulfonamides is 1. The van der Waals surface area contributed by atoms with E-state index in [1.807, 2.05) is 0 Å². The number of nitrogens with one attached hydrogen (secondary N) is 1. The molecule has 1 fully saturated rings. The predicted molar refractivity (Wildman–Crippen MR) is 110 cm³/mol. The van der Waals surface area contributed by atoms with Crippen molar-refractivity contribution >= 4 is 21.6 Å². The molecule has 0 aromatic heterocycles. The first-order valence-electron chi connectivity index (χ1n) is 9.42. The summed E-state index contributed by atoms with van der Waals surface area (Å²) in [6.45, 7) is 3.38. The molecule has 0 saturated carbocycles. The molecule has 2 atom stereocenters. The van der Waals surface area contributed by atoms with Crippen molar-refractivity contribution in [3.63, 3.8) is 0 Å². The molecule has 1 aliphatic heterocycles. The molecule has 1 heterocycles. The maximum Gasteiger partial charge on any atom is 0.243 e. The number of methoxy groups -OCH3 is 1. The van der Waals surface area contributed by atoms with Gasteiger partial charge in [0.1, 0.15) is 11.4 Å². The van der Waals surface area contributed by atoms with Crippen molar-refractivity contribution in [2.24, 2.45) is 0 Å². The van der Waals surface area contributed by atoms with E-state index in [4.69, 9.17) is 4.74 Å². The van der Waals surface area contributed by atoms with Crippen LogP contribution in [0.5, 0.6) is 5.75 Å². The van der Waals surface area contributed by atoms with Crippen molar-refractivity contribution in [2.45, 2.75) is 43.2 Å². The maximum absolute atomic E-state index is 13.3. The third-order valence-corrected chi connectivity index (χ3v) is 7.23. The van der Waals surface area contributed by atoms with E-state index in [0.717, 1.165) is 0 Å². The summed E-state index contributed by atoms with van der Waals surface area (Å²) in [6, 6.07) is 12.5. The van der Waals surface area contributed by atoms with E-state index in [1.165, 1.54) is 23.4 Å². The van der Waals surface area contributed by atoms with Gasteiger partial charge in [0.05, 0.1) is 18.0 Å². The number of carbonyl (C=O) groups is 1. The summed E-state index contributed by atoms with van der Waals surface area (Å²) in [5, 5.41) is 13.9. The first kappa shape index (κ1) is 21.3. The third kappa shape index (κ3) is 4.29. The molecular formula is C21H26N2O5S. The van der Waals surface area contributed by atoms with Gasteiger partial charge in [-0.05, 0) is 61.7 Å². The van der Waals surface area contributed by atoms with Gasteiger partial charge < -0.3 is 15.2 Å². The van der Waals surface area contributed by atoms with Crippen LogP contribution in [0.2, 0.25) is 0 Å². The van der Waals surface area contributed by atoms with Crippen LogP contribution in [-0.2, 0) is 20.4 Å². The van der Waals surface area contributed by atoms with E-state index < -0.39 is 21.7 Å². The quantitative estimate of drug-likeness (QED) is 0.752. The number of aliphatic hydroxyl groups is 1. The number of nitrogens with zero attached hydrogens (tertiary/aromatic N) is 1. The number of ether oxygens (including phenoxy) is 1. The molecule has 156 valence electrons. The number of hydrogen-bond acceptors (Lipinski definition) is 5. The number of carbonyl (C=O) groups excluding carboxylic acids is 1. The van der Waals surface area contributed by atoms with Crippen LogP contribution < -0.4 is 10.1 Å². The molecule has 1 aliphatic rings. The Hall–Kier alpha value is -2.42. The molecular weight excluding hydrogens is 392 g/mol. The first-order valence-corrected chi connectivity index (χ1v) is 10.9. The van der Waals surface area contributed by atoms with E-state index in [9.17, 15) is 18.3 Å². The lowest BCUT2D eigenvalue weighted by Crippen LogP contribution is -2.48. The third-order valence-electron chi connectivity index (χ3n) is 5.31. The van der Waals surface area contributed by atoms with Crippen molar-refractivity contribution in [3.05, 3.63) is 54.1 Å². The standard InChI is InChI=1S/C21H26N2O5S/c1-15(24)22-17-8-12-19(13-9-17)29(26,27)23-14-4-5-20(23)21(2,25)16-6-10-18(28-3)11-7-16/h6-13,20,25H,4-5,14H2,1-3H3,(H,22,24)/t20-,21+/m1/s1. The molecule has 0 radical (unpaired) electrons. The zero-order valence-electron chi connectivity index (χ0n) is 16.8. The number of amides is 1. The number of anilines is 1. The molecule has 0 unspecified atom stereocenters. The van der Waals surface area contributed by atoms with Gasteiger partial charge in [-0.3, -0.25) is 4.79 Å². The molecule has 2 aromatic rings. The molecule has 8 heteroatoms. The smallest absolute Gasteiger partial charge is 0.243 e. The Labute approximate surface area is 171 Å². The highest BCUT2D eigenvalue weighted by molar-refractivity contribution is 7.89. The minimum absolute atomic E-state index is 0.129. The van der Waals surface area contributed by atoms with Gasteiger partial charge in [-0.25, -0.2) is 8.42 Å². The fraction of sp³-hybridized carbons (Fsp3) is 0.381. The van der Waals surface area contributed by atoms with Gasteiger partial charge in [-0.1, -0.05) is 12.1 Å². The molecule has 3 rings (SSSR count). The lowest BCUT2D eigenvalue weighted by Gasteiger charge is -2.36. The molecule has 1 amide bonds. The first-order chi connectivity index (χ1) is 13.7. The van der Waals surface area contributed by atoms with Gasteiger partial charge in [0.2, 0.25) is 15.9 Å². The van der Waals surface area contributed by atoms with Gasteiger partial charge in [0, 0.05) is 19.2 Å². The Morgan fingerprint density at radius 1 is 1.17 bits per heavy atom. The normalized spacial score (nSPS) is 19.5. The van der Waals surface area contributed by atoms with Crippen LogP contribution in [0.15, 0.2) is 53.4 Å². The predicted octanol–water partition coefficient (Wildman–Crippen LogP) is 2.71. The molecule has 1 saturated heterocycles. The summed E-state index contributed by atoms with van der Waals surface area (Å²) in [7, 11) is -2.24. The van der Waals surface area contributed by atoms with Gasteiger partial charge in [-0.2, -0.15) is 4.31 Å². The molecule has 0 aliphatic carbocycles. The molecule has 29 heavy (non-hydrogen) atoms. The number of benzene rings is 2.